The molecule has 1 aliphatic heterocycles. The van der Waals surface area contributed by atoms with Crippen molar-refractivity contribution in [3.8, 4) is 0 Å². The second kappa shape index (κ2) is 13.1. The molecular formula is C23H31ClN3NaO8S. The van der Waals surface area contributed by atoms with Crippen molar-refractivity contribution < 1.29 is 66.8 Å². The number of halogens is 1. The van der Waals surface area contributed by atoms with Gasteiger partial charge in [0.25, 0.3) is 0 Å². The Morgan fingerprint density at radius 1 is 1.30 bits per heavy atom. The van der Waals surface area contributed by atoms with Crippen LogP contribution in [-0.4, -0.2) is 60.0 Å². The third-order valence-corrected chi connectivity index (χ3v) is 7.48. The number of aliphatic hydroxyl groups is 1. The minimum atomic E-state index is -5.19. The van der Waals surface area contributed by atoms with Crippen LogP contribution in [0.2, 0.25) is 5.02 Å². The van der Waals surface area contributed by atoms with E-state index < -0.39 is 51.2 Å². The minimum Gasteiger partial charge on any atom is -0.746 e. The SMILES string of the molecule is CC(C)C[C@H](NC(=O)OC1(c2cccc(Cl)c2)CC1)C(=O)N[C@@H](C[C@@H]1CCNC1=O)C(O)S(=O)(=O)[O-].[Na+]. The Kier molecular flexibility index (Phi) is 11.3. The first kappa shape index (κ1) is 31.8. The number of rotatable bonds is 11. The summed E-state index contributed by atoms with van der Waals surface area (Å²) >= 11 is 6.05. The molecule has 3 amide bonds. The molecule has 1 aromatic carbocycles. The van der Waals surface area contributed by atoms with Gasteiger partial charge in [0.15, 0.2) is 5.44 Å². The van der Waals surface area contributed by atoms with Crippen molar-refractivity contribution in [2.75, 3.05) is 6.54 Å². The summed E-state index contributed by atoms with van der Waals surface area (Å²) in [5.74, 6) is -1.91. The zero-order valence-corrected chi connectivity index (χ0v) is 24.6. The van der Waals surface area contributed by atoms with E-state index >= 15 is 0 Å². The molecule has 2 fully saturated rings. The summed E-state index contributed by atoms with van der Waals surface area (Å²) in [6, 6.07) is 4.26. The topological polar surface area (TPSA) is 174 Å². The number of amides is 3. The van der Waals surface area contributed by atoms with Crippen LogP contribution in [0.5, 0.6) is 0 Å². The predicted octanol–water partition coefficient (Wildman–Crippen LogP) is -1.65. The number of alkyl carbamates (subject to hydrolysis) is 1. The van der Waals surface area contributed by atoms with Crippen molar-refractivity contribution in [2.24, 2.45) is 11.8 Å². The largest absolute Gasteiger partial charge is 1.00 e. The molecule has 200 valence electrons. The molecular weight excluding hydrogens is 537 g/mol. The van der Waals surface area contributed by atoms with E-state index in [1.807, 2.05) is 13.8 Å². The van der Waals surface area contributed by atoms with Crippen LogP contribution in [0.25, 0.3) is 0 Å². The van der Waals surface area contributed by atoms with Crippen LogP contribution in [0, 0.1) is 11.8 Å². The van der Waals surface area contributed by atoms with Gasteiger partial charge in [0.2, 0.25) is 11.8 Å². The maximum absolute atomic E-state index is 13.1. The summed E-state index contributed by atoms with van der Waals surface area (Å²) in [5, 5.41) is 18.1. The average molecular weight is 568 g/mol. The standard InChI is InChI=1S/C23H32ClN3O8S.Na/c1-13(2)10-17(27-22(31)35-23(7-8-23)15-4-3-5-16(24)12-15)20(29)26-18(21(30)36(32,33)34)11-14-6-9-25-19(14)28;/h3-5,12-14,17-18,21,30H,6-11H2,1-2H3,(H,25,28)(H,26,29)(H,27,31)(H,32,33,34);/q;+1/p-1/t14-,17-,18-,21?;/m0./s1. The van der Waals surface area contributed by atoms with E-state index in [1.165, 1.54) is 0 Å². The Balaban J connectivity index is 0.00000481. The molecule has 0 bridgehead atoms. The van der Waals surface area contributed by atoms with E-state index in [4.69, 9.17) is 16.3 Å². The molecule has 1 aliphatic carbocycles. The maximum Gasteiger partial charge on any atom is 1.00 e. The second-order valence-electron chi connectivity index (χ2n) is 9.73. The van der Waals surface area contributed by atoms with Crippen LogP contribution in [0.1, 0.15) is 51.5 Å². The zero-order valence-electron chi connectivity index (χ0n) is 21.0. The van der Waals surface area contributed by atoms with E-state index in [0.29, 0.717) is 30.8 Å². The third-order valence-electron chi connectivity index (χ3n) is 6.33. The number of nitrogens with one attached hydrogen (secondary N) is 3. The van der Waals surface area contributed by atoms with Gasteiger partial charge in [-0.25, -0.2) is 13.2 Å². The van der Waals surface area contributed by atoms with Crippen LogP contribution < -0.4 is 45.5 Å². The molecule has 37 heavy (non-hydrogen) atoms. The first-order chi connectivity index (χ1) is 16.8. The van der Waals surface area contributed by atoms with Crippen LogP contribution in [0.4, 0.5) is 4.79 Å². The van der Waals surface area contributed by atoms with Gasteiger partial charge in [0, 0.05) is 17.5 Å². The van der Waals surface area contributed by atoms with Gasteiger partial charge in [-0.2, -0.15) is 0 Å². The summed E-state index contributed by atoms with van der Waals surface area (Å²) in [5.41, 5.74) is -2.58. The minimum absolute atomic E-state index is 0. The summed E-state index contributed by atoms with van der Waals surface area (Å²) in [7, 11) is -5.19. The van der Waals surface area contributed by atoms with Crippen molar-refractivity contribution in [1.82, 2.24) is 16.0 Å². The van der Waals surface area contributed by atoms with E-state index in [2.05, 4.69) is 16.0 Å². The number of ether oxygens (including phenoxy) is 1. The normalized spacial score (nSPS) is 20.7. The fourth-order valence-electron chi connectivity index (χ4n) is 4.29. The van der Waals surface area contributed by atoms with Crippen molar-refractivity contribution in [1.29, 1.82) is 0 Å². The van der Waals surface area contributed by atoms with Crippen molar-refractivity contribution in [3.05, 3.63) is 34.9 Å². The summed E-state index contributed by atoms with van der Waals surface area (Å²) in [4.78, 5) is 37.8. The van der Waals surface area contributed by atoms with Crippen LogP contribution in [-0.2, 0) is 30.0 Å². The predicted molar refractivity (Wildman–Crippen MR) is 129 cm³/mol. The molecule has 0 aromatic heterocycles. The Morgan fingerprint density at radius 3 is 2.49 bits per heavy atom. The average Bonchev–Trinajstić information content (AvgIpc) is 3.45. The molecule has 11 nitrogen and oxygen atoms in total. The van der Waals surface area contributed by atoms with E-state index in [-0.39, 0.29) is 54.2 Å². The van der Waals surface area contributed by atoms with Gasteiger partial charge in [0.1, 0.15) is 21.8 Å². The van der Waals surface area contributed by atoms with Gasteiger partial charge in [-0.15, -0.1) is 0 Å². The van der Waals surface area contributed by atoms with Gasteiger partial charge in [-0.1, -0.05) is 37.6 Å². The Bertz CT molecular complexity index is 1100. The molecule has 0 radical (unpaired) electrons. The number of hydrogen-bond acceptors (Lipinski definition) is 8. The summed E-state index contributed by atoms with van der Waals surface area (Å²) in [6.45, 7) is 4.00. The number of hydrogen-bond donors (Lipinski definition) is 4. The number of carbonyl (C=O) groups is 3. The van der Waals surface area contributed by atoms with Crippen molar-refractivity contribution in [3.63, 3.8) is 0 Å². The van der Waals surface area contributed by atoms with Crippen molar-refractivity contribution >= 4 is 39.6 Å². The van der Waals surface area contributed by atoms with Gasteiger partial charge in [0.05, 0.1) is 6.04 Å². The fourth-order valence-corrected chi connectivity index (χ4v) is 5.07. The smallest absolute Gasteiger partial charge is 0.746 e. The first-order valence-electron chi connectivity index (χ1n) is 11.8. The molecule has 0 spiro atoms. The van der Waals surface area contributed by atoms with Crippen LogP contribution in [0.3, 0.4) is 0 Å². The quantitative estimate of drug-likeness (QED) is 0.182. The molecule has 1 saturated heterocycles. The van der Waals surface area contributed by atoms with Gasteiger partial charge in [-0.05, 0) is 55.7 Å². The van der Waals surface area contributed by atoms with Crippen LogP contribution >= 0.6 is 11.6 Å². The molecule has 2 aliphatic rings. The summed E-state index contributed by atoms with van der Waals surface area (Å²) < 4.78 is 40.1. The Hall–Kier alpha value is -1.41. The molecule has 1 unspecified atom stereocenters. The molecule has 4 atom stereocenters. The molecule has 1 aromatic rings. The van der Waals surface area contributed by atoms with Crippen LogP contribution in [0.15, 0.2) is 24.3 Å². The molecule has 14 heteroatoms. The molecule has 1 saturated carbocycles. The van der Waals surface area contributed by atoms with Crippen molar-refractivity contribution in [2.45, 2.75) is 69.1 Å². The second-order valence-corrected chi connectivity index (χ2v) is 11.6. The molecule has 1 heterocycles. The first-order valence-corrected chi connectivity index (χ1v) is 13.6. The third kappa shape index (κ3) is 8.81. The fraction of sp³-hybridized carbons (Fsp3) is 0.609. The van der Waals surface area contributed by atoms with E-state index in [9.17, 15) is 32.5 Å². The maximum atomic E-state index is 13.1. The van der Waals surface area contributed by atoms with Gasteiger partial charge >= 0.3 is 35.7 Å². The van der Waals surface area contributed by atoms with E-state index in [0.717, 1.165) is 5.56 Å². The molecule has 4 N–H and O–H groups in total. The monoisotopic (exact) mass is 567 g/mol. The number of benzene rings is 1. The Labute approximate surface area is 243 Å². The number of aliphatic hydroxyl groups excluding tert-OH is 1. The van der Waals surface area contributed by atoms with Gasteiger partial charge in [-0.3, -0.25) is 9.59 Å². The summed E-state index contributed by atoms with van der Waals surface area (Å²) in [6.07, 6.45) is 0.597. The number of carbonyl (C=O) groups excluding carboxylic acids is 3. The Morgan fingerprint density at radius 2 is 1.97 bits per heavy atom. The zero-order chi connectivity index (χ0) is 26.7. The molecule has 3 rings (SSSR count). The van der Waals surface area contributed by atoms with E-state index in [1.54, 1.807) is 24.3 Å². The van der Waals surface area contributed by atoms with Gasteiger partial charge < -0.3 is 30.3 Å².